The summed E-state index contributed by atoms with van der Waals surface area (Å²) < 4.78 is 0. The first-order chi connectivity index (χ1) is 8.74. The Morgan fingerprint density at radius 3 is 3.17 bits per heavy atom. The molecule has 1 aromatic heterocycles. The number of amides is 1. The molecule has 2 atom stereocenters. The molecule has 3 nitrogen and oxygen atoms in total. The molecular weight excluding hydrogens is 264 g/mol. The summed E-state index contributed by atoms with van der Waals surface area (Å²) in [4.78, 5) is 14.0. The van der Waals surface area contributed by atoms with Crippen LogP contribution in [0, 0.1) is 0 Å². The summed E-state index contributed by atoms with van der Waals surface area (Å²) in [7, 11) is 0. The van der Waals surface area contributed by atoms with Crippen molar-refractivity contribution in [3.8, 4) is 0 Å². The summed E-state index contributed by atoms with van der Waals surface area (Å²) in [5, 5.41) is 7.49. The molecule has 1 N–H and O–H groups in total. The molecule has 100 valence electrons. The molecule has 1 saturated heterocycles. The van der Waals surface area contributed by atoms with Gasteiger partial charge in [0.2, 0.25) is 5.91 Å². The highest BCUT2D eigenvalue weighted by Crippen LogP contribution is 2.27. The van der Waals surface area contributed by atoms with Crippen molar-refractivity contribution in [2.45, 2.75) is 32.5 Å². The van der Waals surface area contributed by atoms with E-state index in [0.717, 1.165) is 17.9 Å². The van der Waals surface area contributed by atoms with E-state index in [4.69, 9.17) is 0 Å². The first-order valence-corrected chi connectivity index (χ1v) is 8.48. The van der Waals surface area contributed by atoms with Gasteiger partial charge in [0.05, 0.1) is 6.54 Å². The summed E-state index contributed by atoms with van der Waals surface area (Å²) in [6.45, 7) is 4.79. The van der Waals surface area contributed by atoms with Crippen LogP contribution in [0.2, 0.25) is 0 Å². The predicted octanol–water partition coefficient (Wildman–Crippen LogP) is 2.71. The van der Waals surface area contributed by atoms with Crippen LogP contribution in [0.4, 0.5) is 0 Å². The van der Waals surface area contributed by atoms with E-state index in [9.17, 15) is 4.79 Å². The Morgan fingerprint density at radius 1 is 1.67 bits per heavy atom. The van der Waals surface area contributed by atoms with Gasteiger partial charge in [0.25, 0.3) is 0 Å². The minimum atomic E-state index is 0.0744. The van der Waals surface area contributed by atoms with Crippen LogP contribution < -0.4 is 5.32 Å². The smallest absolute Gasteiger partial charge is 0.238 e. The lowest BCUT2D eigenvalue weighted by molar-refractivity contribution is -0.130. The van der Waals surface area contributed by atoms with Crippen LogP contribution in [0.1, 0.15) is 32.0 Å². The third-order valence-corrected chi connectivity index (χ3v) is 4.86. The Bertz CT molecular complexity index is 380. The van der Waals surface area contributed by atoms with E-state index in [0.29, 0.717) is 12.6 Å². The molecule has 0 bridgehead atoms. The summed E-state index contributed by atoms with van der Waals surface area (Å²) in [5.41, 5.74) is 1.21. The van der Waals surface area contributed by atoms with Crippen LogP contribution in [0.3, 0.4) is 0 Å². The van der Waals surface area contributed by atoms with E-state index in [2.05, 4.69) is 36.0 Å². The van der Waals surface area contributed by atoms with Crippen molar-refractivity contribution in [1.29, 1.82) is 0 Å². The fourth-order valence-electron chi connectivity index (χ4n) is 2.26. The van der Waals surface area contributed by atoms with Crippen LogP contribution in [0.5, 0.6) is 0 Å². The first-order valence-electron chi connectivity index (χ1n) is 6.38. The Labute approximate surface area is 117 Å². The molecule has 2 rings (SSSR count). The Morgan fingerprint density at radius 2 is 2.50 bits per heavy atom. The number of hydrogen-bond acceptors (Lipinski definition) is 4. The summed E-state index contributed by atoms with van der Waals surface area (Å²) in [6, 6.07) is 2.40. The second kappa shape index (κ2) is 6.59. The highest BCUT2D eigenvalue weighted by molar-refractivity contribution is 7.99. The van der Waals surface area contributed by atoms with E-state index in [-0.39, 0.29) is 12.1 Å². The zero-order valence-electron chi connectivity index (χ0n) is 10.9. The SMILES string of the molecule is CCSCCC(C)N1C(=O)CNC1c1ccsc1. The van der Waals surface area contributed by atoms with Gasteiger partial charge in [-0.15, -0.1) is 0 Å². The summed E-state index contributed by atoms with van der Waals surface area (Å²) >= 11 is 3.62. The van der Waals surface area contributed by atoms with Gasteiger partial charge in [0.15, 0.2) is 0 Å². The summed E-state index contributed by atoms with van der Waals surface area (Å²) in [5.74, 6) is 2.49. The molecule has 1 amide bonds. The molecule has 2 heterocycles. The first kappa shape index (κ1) is 13.9. The van der Waals surface area contributed by atoms with Crippen LogP contribution in [0.15, 0.2) is 16.8 Å². The van der Waals surface area contributed by atoms with Crippen LogP contribution in [0.25, 0.3) is 0 Å². The third kappa shape index (κ3) is 3.08. The number of carbonyl (C=O) groups excluding carboxylic acids is 1. The van der Waals surface area contributed by atoms with Crippen LogP contribution >= 0.6 is 23.1 Å². The maximum Gasteiger partial charge on any atom is 0.238 e. The number of nitrogens with zero attached hydrogens (tertiary/aromatic N) is 1. The van der Waals surface area contributed by atoms with Gasteiger partial charge in [0.1, 0.15) is 6.17 Å². The van der Waals surface area contributed by atoms with Gasteiger partial charge in [0, 0.05) is 6.04 Å². The fourth-order valence-corrected chi connectivity index (χ4v) is 3.74. The molecule has 0 aromatic carbocycles. The topological polar surface area (TPSA) is 32.3 Å². The lowest BCUT2D eigenvalue weighted by Crippen LogP contribution is -2.38. The van der Waals surface area contributed by atoms with Gasteiger partial charge < -0.3 is 4.90 Å². The monoisotopic (exact) mass is 284 g/mol. The Balaban J connectivity index is 2.01. The lowest BCUT2D eigenvalue weighted by Gasteiger charge is -2.30. The van der Waals surface area contributed by atoms with Gasteiger partial charge in [-0.05, 0) is 47.2 Å². The number of thiophene rings is 1. The molecule has 0 spiro atoms. The largest absolute Gasteiger partial charge is 0.319 e. The molecular formula is C13H20N2OS2. The average molecular weight is 284 g/mol. The molecule has 5 heteroatoms. The molecule has 1 aliphatic heterocycles. The van der Waals surface area contributed by atoms with Crippen molar-refractivity contribution >= 4 is 29.0 Å². The van der Waals surface area contributed by atoms with E-state index in [1.165, 1.54) is 5.56 Å². The highest BCUT2D eigenvalue weighted by Gasteiger charge is 2.34. The Kier molecular flexibility index (Phi) is 5.09. The second-order valence-electron chi connectivity index (χ2n) is 4.48. The van der Waals surface area contributed by atoms with Gasteiger partial charge in [-0.3, -0.25) is 10.1 Å². The predicted molar refractivity (Wildman–Crippen MR) is 79.0 cm³/mol. The van der Waals surface area contributed by atoms with Crippen molar-refractivity contribution in [1.82, 2.24) is 10.2 Å². The molecule has 0 aliphatic carbocycles. The minimum absolute atomic E-state index is 0.0744. The van der Waals surface area contributed by atoms with Crippen molar-refractivity contribution in [3.63, 3.8) is 0 Å². The molecule has 0 radical (unpaired) electrons. The third-order valence-electron chi connectivity index (χ3n) is 3.23. The van der Waals surface area contributed by atoms with E-state index in [1.807, 2.05) is 16.7 Å². The number of carbonyl (C=O) groups is 1. The van der Waals surface area contributed by atoms with Crippen LogP contribution in [-0.4, -0.2) is 34.9 Å². The van der Waals surface area contributed by atoms with Gasteiger partial charge >= 0.3 is 0 Å². The fraction of sp³-hybridized carbons (Fsp3) is 0.615. The van der Waals surface area contributed by atoms with Crippen molar-refractivity contribution < 1.29 is 4.79 Å². The zero-order valence-corrected chi connectivity index (χ0v) is 12.5. The van der Waals surface area contributed by atoms with Gasteiger partial charge in [-0.1, -0.05) is 6.92 Å². The molecule has 1 fully saturated rings. The molecule has 1 aliphatic rings. The zero-order chi connectivity index (χ0) is 13.0. The minimum Gasteiger partial charge on any atom is -0.319 e. The molecule has 1 aromatic rings. The maximum atomic E-state index is 12.0. The van der Waals surface area contributed by atoms with Crippen molar-refractivity contribution in [2.24, 2.45) is 0 Å². The van der Waals surface area contributed by atoms with E-state index < -0.39 is 0 Å². The highest BCUT2D eigenvalue weighted by atomic mass is 32.2. The number of hydrogen-bond donors (Lipinski definition) is 1. The van der Waals surface area contributed by atoms with E-state index >= 15 is 0 Å². The van der Waals surface area contributed by atoms with Crippen molar-refractivity contribution in [2.75, 3.05) is 18.1 Å². The normalized spacial score (nSPS) is 21.6. The van der Waals surface area contributed by atoms with E-state index in [1.54, 1.807) is 11.3 Å². The number of rotatable bonds is 6. The van der Waals surface area contributed by atoms with Crippen LogP contribution in [-0.2, 0) is 4.79 Å². The van der Waals surface area contributed by atoms with Gasteiger partial charge in [-0.2, -0.15) is 23.1 Å². The quantitative estimate of drug-likeness (QED) is 0.815. The summed E-state index contributed by atoms with van der Waals surface area (Å²) in [6.07, 6.45) is 1.14. The van der Waals surface area contributed by atoms with Gasteiger partial charge in [-0.25, -0.2) is 0 Å². The standard InChI is InChI=1S/C13H20N2OS2/c1-3-17-6-4-10(2)15-12(16)8-14-13(15)11-5-7-18-9-11/h5,7,9-10,13-14H,3-4,6,8H2,1-2H3. The van der Waals surface area contributed by atoms with Crippen molar-refractivity contribution in [3.05, 3.63) is 22.4 Å². The number of thioether (sulfide) groups is 1. The second-order valence-corrected chi connectivity index (χ2v) is 6.65. The molecule has 2 unspecified atom stereocenters. The maximum absolute atomic E-state index is 12.0. The number of nitrogens with one attached hydrogen (secondary N) is 1. The lowest BCUT2D eigenvalue weighted by atomic mass is 10.1. The molecule has 0 saturated carbocycles. The molecule has 18 heavy (non-hydrogen) atoms. The Hall–Kier alpha value is -0.520. The average Bonchev–Trinajstić information content (AvgIpc) is 2.97.